The minimum Gasteiger partial charge on any atom is -0.381 e. The molecule has 0 spiro atoms. The number of aryl methyl sites for hydroxylation is 3. The van der Waals surface area contributed by atoms with E-state index >= 15 is 0 Å². The molecule has 0 aromatic carbocycles. The molecule has 1 aliphatic heterocycles. The summed E-state index contributed by atoms with van der Waals surface area (Å²) in [5, 5.41) is 9.54. The largest absolute Gasteiger partial charge is 0.381 e. The molecule has 0 aliphatic carbocycles. The van der Waals surface area contributed by atoms with Crippen LogP contribution in [0.15, 0.2) is 10.6 Å². The fourth-order valence-electron chi connectivity index (χ4n) is 2.99. The van der Waals surface area contributed by atoms with Crippen molar-refractivity contribution in [1.29, 1.82) is 0 Å². The van der Waals surface area contributed by atoms with Crippen LogP contribution in [0.2, 0.25) is 0 Å². The number of hydrogen-bond acceptors (Lipinski definition) is 6. The van der Waals surface area contributed by atoms with Gasteiger partial charge in [-0.2, -0.15) is 10.1 Å². The van der Waals surface area contributed by atoms with E-state index in [9.17, 15) is 0 Å². The third-order valence-electron chi connectivity index (χ3n) is 4.06. The van der Waals surface area contributed by atoms with Crippen LogP contribution in [0.5, 0.6) is 0 Å². The summed E-state index contributed by atoms with van der Waals surface area (Å²) < 4.78 is 12.7. The third-order valence-corrected chi connectivity index (χ3v) is 4.06. The van der Waals surface area contributed by atoms with Crippen molar-refractivity contribution in [3.05, 3.63) is 23.3 Å². The van der Waals surface area contributed by atoms with Crippen molar-refractivity contribution in [3.63, 3.8) is 0 Å². The van der Waals surface area contributed by atoms with E-state index in [2.05, 4.69) is 20.2 Å². The molecule has 0 saturated carbocycles. The molecule has 4 rings (SSSR count). The number of hydrogen-bond donors (Lipinski definition) is 0. The van der Waals surface area contributed by atoms with Gasteiger partial charge in [0.15, 0.2) is 11.5 Å². The summed E-state index contributed by atoms with van der Waals surface area (Å²) in [6, 6.07) is 1.97. The number of ether oxygens (including phenoxy) is 1. The Hall–Kier alpha value is -2.28. The molecule has 0 N–H and O–H groups in total. The molecule has 3 aromatic heterocycles. The average molecular weight is 299 g/mol. The topological polar surface area (TPSA) is 78.9 Å². The molecule has 114 valence electrons. The Kier molecular flexibility index (Phi) is 2.97. The quantitative estimate of drug-likeness (QED) is 0.721. The molecule has 3 aromatic rings. The highest BCUT2D eigenvalue weighted by Crippen LogP contribution is 2.31. The van der Waals surface area contributed by atoms with Crippen molar-refractivity contribution in [1.82, 2.24) is 24.9 Å². The van der Waals surface area contributed by atoms with E-state index in [1.807, 2.05) is 27.0 Å². The summed E-state index contributed by atoms with van der Waals surface area (Å²) in [4.78, 5) is 9.14. The van der Waals surface area contributed by atoms with Gasteiger partial charge in [-0.25, -0.2) is 4.98 Å². The zero-order chi connectivity index (χ0) is 15.3. The van der Waals surface area contributed by atoms with Crippen LogP contribution in [0.1, 0.15) is 29.6 Å². The second kappa shape index (κ2) is 4.88. The maximum absolute atomic E-state index is 5.51. The van der Waals surface area contributed by atoms with Crippen LogP contribution < -0.4 is 0 Å². The summed E-state index contributed by atoms with van der Waals surface area (Å²) in [6.45, 7) is 5.34. The molecule has 1 fully saturated rings. The van der Waals surface area contributed by atoms with Gasteiger partial charge in [0.05, 0.1) is 23.3 Å². The maximum atomic E-state index is 5.51. The summed E-state index contributed by atoms with van der Waals surface area (Å²) in [6.07, 6.45) is 0.940. The standard InChI is InChI=1S/C15H17N5O2/c1-8-6-11(12-9(2)18-20(3)14(12)16-8)15-17-13(19-22-15)10-4-5-21-7-10/h6,10H,4-5,7H2,1-3H3/t10-/m1/s1. The zero-order valence-corrected chi connectivity index (χ0v) is 12.8. The molecule has 7 nitrogen and oxygen atoms in total. The third kappa shape index (κ3) is 2.00. The second-order valence-corrected chi connectivity index (χ2v) is 5.74. The van der Waals surface area contributed by atoms with Crippen LogP contribution in [-0.4, -0.2) is 38.1 Å². The molecule has 4 heterocycles. The van der Waals surface area contributed by atoms with Crippen molar-refractivity contribution < 1.29 is 9.26 Å². The van der Waals surface area contributed by atoms with E-state index in [0.29, 0.717) is 12.5 Å². The Morgan fingerprint density at radius 1 is 1.27 bits per heavy atom. The van der Waals surface area contributed by atoms with Crippen LogP contribution >= 0.6 is 0 Å². The molecule has 0 radical (unpaired) electrons. The Labute approximate surface area is 127 Å². The second-order valence-electron chi connectivity index (χ2n) is 5.74. The van der Waals surface area contributed by atoms with Crippen LogP contribution in [-0.2, 0) is 11.8 Å². The van der Waals surface area contributed by atoms with Gasteiger partial charge in [-0.1, -0.05) is 5.16 Å². The molecule has 1 saturated heterocycles. The van der Waals surface area contributed by atoms with Gasteiger partial charge in [0.2, 0.25) is 0 Å². The van der Waals surface area contributed by atoms with Gasteiger partial charge in [-0.3, -0.25) is 4.68 Å². The highest BCUT2D eigenvalue weighted by molar-refractivity contribution is 5.92. The number of aromatic nitrogens is 5. The minimum atomic E-state index is 0.228. The molecule has 0 bridgehead atoms. The molecule has 1 aliphatic rings. The highest BCUT2D eigenvalue weighted by atomic mass is 16.5. The first-order valence-electron chi connectivity index (χ1n) is 7.36. The minimum absolute atomic E-state index is 0.228. The van der Waals surface area contributed by atoms with Crippen LogP contribution in [0.3, 0.4) is 0 Å². The van der Waals surface area contributed by atoms with Gasteiger partial charge < -0.3 is 9.26 Å². The van der Waals surface area contributed by atoms with Gasteiger partial charge in [-0.15, -0.1) is 0 Å². The van der Waals surface area contributed by atoms with Gasteiger partial charge in [0.1, 0.15) is 0 Å². The maximum Gasteiger partial charge on any atom is 0.258 e. The Morgan fingerprint density at radius 2 is 2.14 bits per heavy atom. The lowest BCUT2D eigenvalue weighted by atomic mass is 10.1. The lowest BCUT2D eigenvalue weighted by Gasteiger charge is -2.01. The summed E-state index contributed by atoms with van der Waals surface area (Å²) >= 11 is 0. The van der Waals surface area contributed by atoms with E-state index in [1.165, 1.54) is 0 Å². The first-order valence-corrected chi connectivity index (χ1v) is 7.36. The smallest absolute Gasteiger partial charge is 0.258 e. The predicted molar refractivity (Wildman–Crippen MR) is 79.5 cm³/mol. The van der Waals surface area contributed by atoms with Gasteiger partial charge in [0.25, 0.3) is 5.89 Å². The van der Waals surface area contributed by atoms with E-state index in [-0.39, 0.29) is 5.92 Å². The number of pyridine rings is 1. The predicted octanol–water partition coefficient (Wildman–Crippen LogP) is 2.14. The Balaban J connectivity index is 1.87. The van der Waals surface area contributed by atoms with Crippen molar-refractivity contribution in [2.24, 2.45) is 7.05 Å². The van der Waals surface area contributed by atoms with E-state index in [0.717, 1.165) is 46.8 Å². The lowest BCUT2D eigenvalue weighted by Crippen LogP contribution is -1.99. The zero-order valence-electron chi connectivity index (χ0n) is 12.8. The van der Waals surface area contributed by atoms with Crippen molar-refractivity contribution in [2.75, 3.05) is 13.2 Å². The summed E-state index contributed by atoms with van der Waals surface area (Å²) in [5.41, 5.74) is 3.53. The first kappa shape index (κ1) is 13.4. The summed E-state index contributed by atoms with van der Waals surface area (Å²) in [5.74, 6) is 1.47. The number of fused-ring (bicyclic) bond motifs is 1. The number of nitrogens with zero attached hydrogens (tertiary/aromatic N) is 5. The van der Waals surface area contributed by atoms with Gasteiger partial charge in [0, 0.05) is 25.3 Å². The monoisotopic (exact) mass is 299 g/mol. The van der Waals surface area contributed by atoms with Crippen molar-refractivity contribution in [3.8, 4) is 11.5 Å². The average Bonchev–Trinajstić information content (AvgIpc) is 3.20. The molecule has 7 heteroatoms. The van der Waals surface area contributed by atoms with Crippen molar-refractivity contribution >= 4 is 11.0 Å². The molecular formula is C15H17N5O2. The van der Waals surface area contributed by atoms with E-state index in [1.54, 1.807) is 4.68 Å². The first-order chi connectivity index (χ1) is 10.6. The van der Waals surface area contributed by atoms with E-state index in [4.69, 9.17) is 9.26 Å². The van der Waals surface area contributed by atoms with Crippen molar-refractivity contribution in [2.45, 2.75) is 26.2 Å². The van der Waals surface area contributed by atoms with E-state index < -0.39 is 0 Å². The highest BCUT2D eigenvalue weighted by Gasteiger charge is 2.25. The van der Waals surface area contributed by atoms with Crippen LogP contribution in [0.25, 0.3) is 22.5 Å². The fourth-order valence-corrected chi connectivity index (χ4v) is 2.99. The van der Waals surface area contributed by atoms with Gasteiger partial charge >= 0.3 is 0 Å². The fraction of sp³-hybridized carbons (Fsp3) is 0.467. The van der Waals surface area contributed by atoms with Crippen LogP contribution in [0.4, 0.5) is 0 Å². The molecular weight excluding hydrogens is 282 g/mol. The summed E-state index contributed by atoms with van der Waals surface area (Å²) in [7, 11) is 1.89. The molecule has 22 heavy (non-hydrogen) atoms. The lowest BCUT2D eigenvalue weighted by molar-refractivity contribution is 0.192. The molecule has 1 atom stereocenters. The SMILES string of the molecule is Cc1cc(-c2nc([C@@H]3CCOC3)no2)c2c(C)nn(C)c2n1. The van der Waals surface area contributed by atoms with Gasteiger partial charge in [-0.05, 0) is 26.3 Å². The normalized spacial score (nSPS) is 18.4. The number of rotatable bonds is 2. The Morgan fingerprint density at radius 3 is 2.91 bits per heavy atom. The molecule has 0 amide bonds. The molecule has 0 unspecified atom stereocenters. The van der Waals surface area contributed by atoms with Crippen LogP contribution in [0, 0.1) is 13.8 Å². The Bertz CT molecular complexity index is 845.